The maximum atomic E-state index is 9.60. The van der Waals surface area contributed by atoms with Crippen LogP contribution in [0, 0.1) is 0 Å². The number of nitrogens with two attached hydrogens (primary N) is 1. The van der Waals surface area contributed by atoms with Gasteiger partial charge < -0.3 is 10.8 Å². The van der Waals surface area contributed by atoms with Crippen molar-refractivity contribution in [3.63, 3.8) is 0 Å². The summed E-state index contributed by atoms with van der Waals surface area (Å²) >= 11 is 0. The van der Waals surface area contributed by atoms with E-state index >= 15 is 0 Å². The molecule has 2 rings (SSSR count). The fourth-order valence-electron chi connectivity index (χ4n) is 1.35. The summed E-state index contributed by atoms with van der Waals surface area (Å²) in [5, 5.41) is 17.5. The van der Waals surface area contributed by atoms with Gasteiger partial charge in [-0.25, -0.2) is 0 Å². The molecule has 0 aliphatic rings. The first-order valence-electron chi connectivity index (χ1n) is 4.70. The van der Waals surface area contributed by atoms with Crippen LogP contribution in [0.15, 0.2) is 30.5 Å². The highest BCUT2D eigenvalue weighted by atomic mass is 16.3. The average Bonchev–Trinajstić information content (AvgIpc) is 2.68. The van der Waals surface area contributed by atoms with Gasteiger partial charge in [0.25, 0.3) is 0 Å². The van der Waals surface area contributed by atoms with Gasteiger partial charge in [-0.2, -0.15) is 0 Å². The average molecular weight is 204 g/mol. The van der Waals surface area contributed by atoms with Gasteiger partial charge in [-0.15, -0.1) is 5.10 Å². The van der Waals surface area contributed by atoms with E-state index in [2.05, 4.69) is 10.3 Å². The van der Waals surface area contributed by atoms with Crippen LogP contribution in [-0.4, -0.2) is 26.6 Å². The molecule has 1 aromatic heterocycles. The number of nitrogens with zero attached hydrogens (tertiary/aromatic N) is 3. The van der Waals surface area contributed by atoms with E-state index in [1.165, 1.54) is 0 Å². The highest BCUT2D eigenvalue weighted by Gasteiger charge is 2.07. The van der Waals surface area contributed by atoms with E-state index < -0.39 is 0 Å². The standard InChI is InChI=1S/C10H12N4O/c11-5-6-14-7-9(12-13-14)8-3-1-2-4-10(8)15/h1-4,7,15H,5-6,11H2. The van der Waals surface area contributed by atoms with Crippen LogP contribution in [0.3, 0.4) is 0 Å². The van der Waals surface area contributed by atoms with Crippen LogP contribution in [0.5, 0.6) is 5.75 Å². The molecule has 0 saturated heterocycles. The van der Waals surface area contributed by atoms with Gasteiger partial charge in [-0.05, 0) is 12.1 Å². The van der Waals surface area contributed by atoms with E-state index in [4.69, 9.17) is 5.73 Å². The van der Waals surface area contributed by atoms with Crippen LogP contribution in [0.25, 0.3) is 11.3 Å². The minimum Gasteiger partial charge on any atom is -0.507 e. The number of aromatic nitrogens is 3. The van der Waals surface area contributed by atoms with Crippen LogP contribution in [0.4, 0.5) is 0 Å². The highest BCUT2D eigenvalue weighted by molar-refractivity contribution is 5.65. The molecule has 0 aliphatic carbocycles. The molecule has 0 unspecified atom stereocenters. The number of hydrogen-bond donors (Lipinski definition) is 2. The number of para-hydroxylation sites is 1. The SMILES string of the molecule is NCCn1cc(-c2ccccc2O)nn1. The molecule has 2 aromatic rings. The largest absolute Gasteiger partial charge is 0.507 e. The first kappa shape index (κ1) is 9.67. The molecule has 0 aliphatic heterocycles. The molecule has 1 aromatic carbocycles. The van der Waals surface area contributed by atoms with Gasteiger partial charge in [-0.1, -0.05) is 17.3 Å². The molecule has 1 heterocycles. The lowest BCUT2D eigenvalue weighted by Gasteiger charge is -1.98. The molecule has 78 valence electrons. The maximum Gasteiger partial charge on any atom is 0.125 e. The molecule has 0 spiro atoms. The molecule has 0 amide bonds. The number of phenolic OH excluding ortho intramolecular Hbond substituents is 1. The van der Waals surface area contributed by atoms with Gasteiger partial charge in [0.05, 0.1) is 12.7 Å². The van der Waals surface area contributed by atoms with Gasteiger partial charge in [0, 0.05) is 12.1 Å². The van der Waals surface area contributed by atoms with E-state index in [0.29, 0.717) is 24.3 Å². The normalized spacial score (nSPS) is 10.5. The zero-order valence-electron chi connectivity index (χ0n) is 8.17. The summed E-state index contributed by atoms with van der Waals surface area (Å²) in [5.74, 6) is 0.206. The zero-order valence-corrected chi connectivity index (χ0v) is 8.17. The van der Waals surface area contributed by atoms with Crippen molar-refractivity contribution in [2.75, 3.05) is 6.54 Å². The predicted molar refractivity (Wildman–Crippen MR) is 56.2 cm³/mol. The summed E-state index contributed by atoms with van der Waals surface area (Å²) in [6.07, 6.45) is 1.77. The lowest BCUT2D eigenvalue weighted by molar-refractivity contribution is 0.477. The van der Waals surface area contributed by atoms with Crippen molar-refractivity contribution >= 4 is 0 Å². The molecular formula is C10H12N4O. The van der Waals surface area contributed by atoms with E-state index in [1.54, 1.807) is 29.1 Å². The number of phenols is 1. The van der Waals surface area contributed by atoms with Gasteiger partial charge in [0.1, 0.15) is 11.4 Å². The van der Waals surface area contributed by atoms with Crippen LogP contribution in [0.1, 0.15) is 0 Å². The number of aromatic hydroxyl groups is 1. The summed E-state index contributed by atoms with van der Waals surface area (Å²) in [7, 11) is 0. The van der Waals surface area contributed by atoms with E-state index in [0.717, 1.165) is 0 Å². The molecule has 5 nitrogen and oxygen atoms in total. The zero-order chi connectivity index (χ0) is 10.7. The van der Waals surface area contributed by atoms with Crippen LogP contribution in [-0.2, 0) is 6.54 Å². The minimum absolute atomic E-state index is 0.206. The predicted octanol–water partition coefficient (Wildman–Crippen LogP) is 0.609. The van der Waals surface area contributed by atoms with Gasteiger partial charge in [0.15, 0.2) is 0 Å². The van der Waals surface area contributed by atoms with E-state index in [-0.39, 0.29) is 5.75 Å². The second kappa shape index (κ2) is 4.10. The van der Waals surface area contributed by atoms with E-state index in [9.17, 15) is 5.11 Å². The summed E-state index contributed by atoms with van der Waals surface area (Å²) in [6, 6.07) is 7.03. The quantitative estimate of drug-likeness (QED) is 0.768. The molecule has 0 saturated carbocycles. The Hall–Kier alpha value is -1.88. The Morgan fingerprint density at radius 1 is 1.33 bits per heavy atom. The summed E-state index contributed by atoms with van der Waals surface area (Å²) in [6.45, 7) is 1.14. The number of benzene rings is 1. The summed E-state index contributed by atoms with van der Waals surface area (Å²) in [5.41, 5.74) is 6.74. The Bertz CT molecular complexity index is 452. The Labute approximate surface area is 87.1 Å². The molecule has 0 atom stereocenters. The van der Waals surface area contributed by atoms with Crippen molar-refractivity contribution in [1.29, 1.82) is 0 Å². The van der Waals surface area contributed by atoms with Gasteiger partial charge in [-0.3, -0.25) is 4.68 Å². The third-order valence-corrected chi connectivity index (χ3v) is 2.08. The van der Waals surface area contributed by atoms with Crippen molar-refractivity contribution in [3.8, 4) is 17.0 Å². The smallest absolute Gasteiger partial charge is 0.125 e. The van der Waals surface area contributed by atoms with Crippen molar-refractivity contribution in [3.05, 3.63) is 30.5 Å². The lowest BCUT2D eigenvalue weighted by atomic mass is 10.1. The first-order chi connectivity index (χ1) is 7.31. The summed E-state index contributed by atoms with van der Waals surface area (Å²) < 4.78 is 1.65. The molecule has 15 heavy (non-hydrogen) atoms. The number of rotatable bonds is 3. The Kier molecular flexibility index (Phi) is 2.64. The van der Waals surface area contributed by atoms with Crippen LogP contribution < -0.4 is 5.73 Å². The molecule has 0 bridgehead atoms. The van der Waals surface area contributed by atoms with Crippen molar-refractivity contribution < 1.29 is 5.11 Å². The van der Waals surface area contributed by atoms with E-state index in [1.807, 2.05) is 6.07 Å². The Morgan fingerprint density at radius 3 is 2.87 bits per heavy atom. The number of hydrogen-bond acceptors (Lipinski definition) is 4. The fourth-order valence-corrected chi connectivity index (χ4v) is 1.35. The van der Waals surface area contributed by atoms with Gasteiger partial charge >= 0.3 is 0 Å². The van der Waals surface area contributed by atoms with Crippen LogP contribution >= 0.6 is 0 Å². The van der Waals surface area contributed by atoms with Crippen LogP contribution in [0.2, 0.25) is 0 Å². The third-order valence-electron chi connectivity index (χ3n) is 2.08. The Balaban J connectivity index is 2.33. The summed E-state index contributed by atoms with van der Waals surface area (Å²) in [4.78, 5) is 0. The second-order valence-electron chi connectivity index (χ2n) is 3.17. The maximum absolute atomic E-state index is 9.60. The van der Waals surface area contributed by atoms with Crippen molar-refractivity contribution in [1.82, 2.24) is 15.0 Å². The lowest BCUT2D eigenvalue weighted by Crippen LogP contribution is -2.10. The molecule has 5 heteroatoms. The van der Waals surface area contributed by atoms with Gasteiger partial charge in [0.2, 0.25) is 0 Å². The second-order valence-corrected chi connectivity index (χ2v) is 3.17. The monoisotopic (exact) mass is 204 g/mol. The Morgan fingerprint density at radius 2 is 2.13 bits per heavy atom. The van der Waals surface area contributed by atoms with Crippen molar-refractivity contribution in [2.45, 2.75) is 6.54 Å². The first-order valence-corrected chi connectivity index (χ1v) is 4.70. The fraction of sp³-hybridized carbons (Fsp3) is 0.200. The molecule has 3 N–H and O–H groups in total. The molecule has 0 fully saturated rings. The topological polar surface area (TPSA) is 77.0 Å². The molecule has 0 radical (unpaired) electrons. The molecular weight excluding hydrogens is 192 g/mol. The minimum atomic E-state index is 0.206. The highest BCUT2D eigenvalue weighted by Crippen LogP contribution is 2.26. The van der Waals surface area contributed by atoms with Crippen molar-refractivity contribution in [2.24, 2.45) is 5.73 Å². The third kappa shape index (κ3) is 1.97.